The van der Waals surface area contributed by atoms with Crippen LogP contribution in [0.25, 0.3) is 0 Å². The zero-order valence-electron chi connectivity index (χ0n) is 18.2. The van der Waals surface area contributed by atoms with Crippen molar-refractivity contribution < 1.29 is 14.3 Å². The van der Waals surface area contributed by atoms with Crippen LogP contribution in [0.5, 0.6) is 5.75 Å². The molecular formula is C23H29N3O4. The third-order valence-electron chi connectivity index (χ3n) is 5.22. The largest absolute Gasteiger partial charge is 0.490 e. The highest BCUT2D eigenvalue weighted by Gasteiger charge is 2.37. The number of benzene rings is 1. The van der Waals surface area contributed by atoms with Crippen LogP contribution in [0, 0.1) is 11.3 Å². The molecule has 0 radical (unpaired) electrons. The highest BCUT2D eigenvalue weighted by molar-refractivity contribution is 6.05. The van der Waals surface area contributed by atoms with Gasteiger partial charge in [0.1, 0.15) is 17.9 Å². The van der Waals surface area contributed by atoms with Gasteiger partial charge in [0, 0.05) is 31.5 Å². The predicted octanol–water partition coefficient (Wildman–Crippen LogP) is 3.44. The molecule has 7 nitrogen and oxygen atoms in total. The Labute approximate surface area is 176 Å². The predicted molar refractivity (Wildman–Crippen MR) is 117 cm³/mol. The first-order valence-corrected chi connectivity index (χ1v) is 10.2. The molecule has 7 heteroatoms. The minimum atomic E-state index is -0.657. The topological polar surface area (TPSA) is 80.6 Å². The van der Waals surface area contributed by atoms with Crippen molar-refractivity contribution >= 4 is 23.2 Å². The average Bonchev–Trinajstić information content (AvgIpc) is 2.77. The number of rotatable bonds is 5. The Bertz CT molecular complexity index is 1020. The van der Waals surface area contributed by atoms with E-state index in [0.29, 0.717) is 29.6 Å². The molecule has 1 aliphatic heterocycles. The Hall–Kier alpha value is -3.09. The first kappa shape index (κ1) is 21.6. The molecule has 1 aromatic heterocycles. The molecule has 1 aliphatic rings. The second-order valence-electron chi connectivity index (χ2n) is 8.79. The van der Waals surface area contributed by atoms with Crippen LogP contribution in [0.3, 0.4) is 0 Å². The molecule has 30 heavy (non-hydrogen) atoms. The number of carbonyl (C=O) groups is 2. The zero-order valence-corrected chi connectivity index (χ0v) is 18.2. The van der Waals surface area contributed by atoms with E-state index in [2.05, 4.69) is 19.2 Å². The monoisotopic (exact) mass is 411 g/mol. The van der Waals surface area contributed by atoms with Gasteiger partial charge in [-0.25, -0.2) is 0 Å². The number of ether oxygens (including phenoxy) is 1. The van der Waals surface area contributed by atoms with E-state index in [1.807, 2.05) is 13.8 Å². The van der Waals surface area contributed by atoms with Crippen LogP contribution in [0.2, 0.25) is 0 Å². The lowest BCUT2D eigenvalue weighted by Gasteiger charge is -2.28. The smallest absolute Gasteiger partial charge is 0.263 e. The van der Waals surface area contributed by atoms with Crippen LogP contribution in [0.1, 0.15) is 44.5 Å². The van der Waals surface area contributed by atoms with Crippen molar-refractivity contribution in [3.05, 3.63) is 52.4 Å². The summed E-state index contributed by atoms with van der Waals surface area (Å²) in [6.45, 7) is 8.83. The van der Waals surface area contributed by atoms with Gasteiger partial charge >= 0.3 is 0 Å². The van der Waals surface area contributed by atoms with Crippen molar-refractivity contribution in [3.63, 3.8) is 0 Å². The van der Waals surface area contributed by atoms with E-state index >= 15 is 0 Å². The van der Waals surface area contributed by atoms with Gasteiger partial charge in [0.2, 0.25) is 5.91 Å². The number of fused-ring (bicyclic) bond motifs is 1. The van der Waals surface area contributed by atoms with Crippen molar-refractivity contribution in [1.29, 1.82) is 0 Å². The summed E-state index contributed by atoms with van der Waals surface area (Å²) in [5.74, 6) is 0.529. The van der Waals surface area contributed by atoms with E-state index in [4.69, 9.17) is 4.74 Å². The fourth-order valence-corrected chi connectivity index (χ4v) is 3.30. The van der Waals surface area contributed by atoms with E-state index < -0.39 is 11.3 Å². The molecule has 160 valence electrons. The molecule has 0 aliphatic carbocycles. The van der Waals surface area contributed by atoms with E-state index in [0.717, 1.165) is 6.42 Å². The SMILES string of the molecule is CC(C)CCN1C(=O)C(C)(C)COc2cc(NC(=O)c3cccn(C)c3=O)ccc21. The van der Waals surface area contributed by atoms with Crippen LogP contribution in [-0.4, -0.2) is 29.5 Å². The Morgan fingerprint density at radius 1 is 1.23 bits per heavy atom. The normalized spacial score (nSPS) is 15.4. The molecule has 3 rings (SSSR count). The first-order valence-electron chi connectivity index (χ1n) is 10.2. The number of aryl methyl sites for hydroxylation is 1. The molecule has 1 N–H and O–H groups in total. The van der Waals surface area contributed by atoms with Gasteiger partial charge in [0.25, 0.3) is 11.5 Å². The van der Waals surface area contributed by atoms with Gasteiger partial charge in [0.15, 0.2) is 0 Å². The van der Waals surface area contributed by atoms with E-state index in [1.165, 1.54) is 10.6 Å². The molecular weight excluding hydrogens is 382 g/mol. The third-order valence-corrected chi connectivity index (χ3v) is 5.22. The number of amides is 2. The molecule has 0 fully saturated rings. The van der Waals surface area contributed by atoms with Gasteiger partial charge in [0.05, 0.1) is 11.1 Å². The summed E-state index contributed by atoms with van der Waals surface area (Å²) in [6, 6.07) is 8.36. The maximum absolute atomic E-state index is 13.1. The van der Waals surface area contributed by atoms with Crippen LogP contribution in [0.4, 0.5) is 11.4 Å². The molecule has 0 saturated carbocycles. The minimum absolute atomic E-state index is 0.0199. The highest BCUT2D eigenvalue weighted by Crippen LogP contribution is 2.38. The average molecular weight is 412 g/mol. The van der Waals surface area contributed by atoms with Gasteiger partial charge in [-0.2, -0.15) is 0 Å². The van der Waals surface area contributed by atoms with Crippen molar-refractivity contribution in [3.8, 4) is 5.75 Å². The lowest BCUT2D eigenvalue weighted by atomic mass is 9.92. The number of hydrogen-bond donors (Lipinski definition) is 1. The summed E-state index contributed by atoms with van der Waals surface area (Å²) in [5.41, 5.74) is 0.231. The number of aromatic nitrogens is 1. The van der Waals surface area contributed by atoms with Crippen molar-refractivity contribution in [2.24, 2.45) is 18.4 Å². The first-order chi connectivity index (χ1) is 14.1. The van der Waals surface area contributed by atoms with Crippen LogP contribution < -0.4 is 20.5 Å². The lowest BCUT2D eigenvalue weighted by molar-refractivity contribution is -0.127. The summed E-state index contributed by atoms with van der Waals surface area (Å²) in [5, 5.41) is 2.76. The van der Waals surface area contributed by atoms with E-state index in [9.17, 15) is 14.4 Å². The second kappa shape index (κ2) is 8.34. The van der Waals surface area contributed by atoms with Gasteiger partial charge in [-0.3, -0.25) is 14.4 Å². The van der Waals surface area contributed by atoms with Crippen LogP contribution in [0.15, 0.2) is 41.3 Å². The lowest BCUT2D eigenvalue weighted by Crippen LogP contribution is -2.42. The van der Waals surface area contributed by atoms with Crippen LogP contribution >= 0.6 is 0 Å². The van der Waals surface area contributed by atoms with Crippen molar-refractivity contribution in [2.75, 3.05) is 23.4 Å². The standard InChI is InChI=1S/C23H29N3O4/c1-15(2)10-12-26-18-9-8-16(13-19(18)30-14-23(3,4)22(26)29)24-20(27)17-7-6-11-25(5)21(17)28/h6-9,11,13,15H,10,12,14H2,1-5H3,(H,24,27). The van der Waals surface area contributed by atoms with Gasteiger partial charge in [-0.05, 0) is 50.5 Å². The third kappa shape index (κ3) is 4.40. The Balaban J connectivity index is 1.91. The number of nitrogens with zero attached hydrogens (tertiary/aromatic N) is 2. The van der Waals surface area contributed by atoms with Gasteiger partial charge in [-0.15, -0.1) is 0 Å². The molecule has 0 saturated heterocycles. The summed E-state index contributed by atoms with van der Waals surface area (Å²) < 4.78 is 7.32. The molecule has 0 bridgehead atoms. The Kier molecular flexibility index (Phi) is 6.01. The summed E-state index contributed by atoms with van der Waals surface area (Å²) in [4.78, 5) is 39.7. The Morgan fingerprint density at radius 3 is 2.67 bits per heavy atom. The number of hydrogen-bond acceptors (Lipinski definition) is 4. The number of nitrogens with one attached hydrogen (secondary N) is 1. The van der Waals surface area contributed by atoms with Gasteiger partial charge < -0.3 is 19.5 Å². The molecule has 2 heterocycles. The maximum atomic E-state index is 13.1. The highest BCUT2D eigenvalue weighted by atomic mass is 16.5. The van der Waals surface area contributed by atoms with E-state index in [-0.39, 0.29) is 23.6 Å². The zero-order chi connectivity index (χ0) is 22.1. The fraction of sp³-hybridized carbons (Fsp3) is 0.435. The molecule has 2 aromatic rings. The van der Waals surface area contributed by atoms with Gasteiger partial charge in [-0.1, -0.05) is 13.8 Å². The minimum Gasteiger partial charge on any atom is -0.490 e. The van der Waals surface area contributed by atoms with Crippen LogP contribution in [-0.2, 0) is 11.8 Å². The molecule has 1 aromatic carbocycles. The molecule has 0 unspecified atom stereocenters. The van der Waals surface area contributed by atoms with Crippen molar-refractivity contribution in [2.45, 2.75) is 34.1 Å². The Morgan fingerprint density at radius 2 is 1.97 bits per heavy atom. The second-order valence-corrected chi connectivity index (χ2v) is 8.79. The van der Waals surface area contributed by atoms with E-state index in [1.54, 1.807) is 42.4 Å². The summed E-state index contributed by atoms with van der Waals surface area (Å²) >= 11 is 0. The fourth-order valence-electron chi connectivity index (χ4n) is 3.30. The summed E-state index contributed by atoms with van der Waals surface area (Å²) in [7, 11) is 1.60. The number of anilines is 2. The number of carbonyl (C=O) groups excluding carboxylic acids is 2. The molecule has 0 spiro atoms. The summed E-state index contributed by atoms with van der Waals surface area (Å²) in [6.07, 6.45) is 2.47. The molecule has 0 atom stereocenters. The quantitative estimate of drug-likeness (QED) is 0.817. The van der Waals surface area contributed by atoms with Crippen molar-refractivity contribution in [1.82, 2.24) is 4.57 Å². The molecule has 2 amide bonds. The number of pyridine rings is 1. The maximum Gasteiger partial charge on any atom is 0.263 e.